The average Bonchev–Trinajstić information content (AvgIpc) is 2.61. The van der Waals surface area contributed by atoms with Gasteiger partial charge in [-0.25, -0.2) is 22.2 Å². The molecule has 26 heavy (non-hydrogen) atoms. The molecule has 3 rings (SSSR count). The van der Waals surface area contributed by atoms with E-state index in [4.69, 9.17) is 16.3 Å². The van der Waals surface area contributed by atoms with Gasteiger partial charge in [0, 0.05) is 11.4 Å². The van der Waals surface area contributed by atoms with Crippen LogP contribution in [0.3, 0.4) is 0 Å². The molecular weight excluding hydrogens is 384 g/mol. The number of aliphatic imine (C=N–C) groups is 1. The van der Waals surface area contributed by atoms with E-state index >= 15 is 0 Å². The minimum atomic E-state index is -3.69. The highest BCUT2D eigenvalue weighted by Crippen LogP contribution is 2.26. The second kappa shape index (κ2) is 7.32. The fraction of sp³-hybridized carbons (Fsp3) is 0.278. The highest BCUT2D eigenvalue weighted by atomic mass is 35.5. The van der Waals surface area contributed by atoms with Crippen LogP contribution in [0.2, 0.25) is 5.02 Å². The largest absolute Gasteiger partial charge is 0.477 e. The quantitative estimate of drug-likeness (QED) is 0.780. The zero-order valence-corrected chi connectivity index (χ0v) is 15.4. The van der Waals surface area contributed by atoms with Gasteiger partial charge in [-0.1, -0.05) is 17.7 Å². The summed E-state index contributed by atoms with van der Waals surface area (Å²) in [6.07, 6.45) is 0.327. The predicted molar refractivity (Wildman–Crippen MR) is 95.4 cm³/mol. The molecule has 138 valence electrons. The Labute approximate surface area is 155 Å². The van der Waals surface area contributed by atoms with Crippen molar-refractivity contribution in [3.8, 4) is 0 Å². The van der Waals surface area contributed by atoms with Crippen LogP contribution in [-0.2, 0) is 14.6 Å². The van der Waals surface area contributed by atoms with E-state index in [0.717, 1.165) is 12.1 Å². The molecule has 2 aromatic rings. The smallest absolute Gasteiger partial charge is 0.222 e. The Hall–Kier alpha value is -1.99. The summed E-state index contributed by atoms with van der Waals surface area (Å²) < 4.78 is 58.9. The average molecular weight is 400 g/mol. The molecule has 1 aliphatic rings. The summed E-state index contributed by atoms with van der Waals surface area (Å²) in [6.45, 7) is 1.65. The zero-order chi connectivity index (χ0) is 18.9. The molecule has 8 heteroatoms. The lowest BCUT2D eigenvalue weighted by atomic mass is 10.1. The van der Waals surface area contributed by atoms with Gasteiger partial charge in [0.05, 0.1) is 22.8 Å². The third-order valence-electron chi connectivity index (χ3n) is 4.29. The fourth-order valence-electron chi connectivity index (χ4n) is 2.75. The second-order valence-electron chi connectivity index (χ2n) is 5.94. The fourth-order valence-corrected chi connectivity index (χ4v) is 4.43. The van der Waals surface area contributed by atoms with Crippen LogP contribution in [0.5, 0.6) is 0 Å². The normalized spacial score (nSPS) is 18.8. The van der Waals surface area contributed by atoms with E-state index in [2.05, 4.69) is 4.99 Å². The van der Waals surface area contributed by atoms with E-state index in [-0.39, 0.29) is 23.0 Å². The summed E-state index contributed by atoms with van der Waals surface area (Å²) in [6, 6.07) is 8.59. The molecule has 0 aliphatic carbocycles. The minimum absolute atomic E-state index is 0.120. The van der Waals surface area contributed by atoms with E-state index in [0.29, 0.717) is 11.4 Å². The van der Waals surface area contributed by atoms with Crippen molar-refractivity contribution in [2.45, 2.75) is 29.5 Å². The first-order valence-electron chi connectivity index (χ1n) is 7.95. The number of sulfone groups is 1. The van der Waals surface area contributed by atoms with Crippen LogP contribution in [0.1, 0.15) is 18.9 Å². The van der Waals surface area contributed by atoms with E-state index in [1.807, 2.05) is 0 Å². The molecule has 0 amide bonds. The Kier molecular flexibility index (Phi) is 5.29. The minimum Gasteiger partial charge on any atom is -0.477 e. The van der Waals surface area contributed by atoms with E-state index in [1.165, 1.54) is 37.3 Å². The molecule has 0 bridgehead atoms. The first-order chi connectivity index (χ1) is 12.3. The highest BCUT2D eigenvalue weighted by Gasteiger charge is 2.34. The van der Waals surface area contributed by atoms with E-state index < -0.39 is 32.8 Å². The molecule has 0 aromatic heterocycles. The van der Waals surface area contributed by atoms with Crippen molar-refractivity contribution < 1.29 is 21.9 Å². The van der Waals surface area contributed by atoms with E-state index in [1.54, 1.807) is 0 Å². The molecular formula is C18H16ClF2NO3S. The molecule has 0 N–H and O–H groups in total. The van der Waals surface area contributed by atoms with Crippen LogP contribution in [0.4, 0.5) is 8.78 Å². The Morgan fingerprint density at radius 1 is 1.15 bits per heavy atom. The molecule has 0 radical (unpaired) electrons. The van der Waals surface area contributed by atoms with Crippen LogP contribution >= 0.6 is 11.6 Å². The molecule has 1 aliphatic heterocycles. The van der Waals surface area contributed by atoms with Gasteiger partial charge in [0.2, 0.25) is 5.90 Å². The molecule has 2 atom stereocenters. The molecule has 2 unspecified atom stereocenters. The van der Waals surface area contributed by atoms with Gasteiger partial charge in [0.1, 0.15) is 17.2 Å². The summed E-state index contributed by atoms with van der Waals surface area (Å²) in [7, 11) is -3.69. The molecule has 0 saturated carbocycles. The molecule has 4 nitrogen and oxygen atoms in total. The molecule has 0 fully saturated rings. The summed E-state index contributed by atoms with van der Waals surface area (Å²) in [5.74, 6) is -1.83. The van der Waals surface area contributed by atoms with Crippen molar-refractivity contribution in [3.63, 3.8) is 0 Å². The zero-order valence-electron chi connectivity index (χ0n) is 13.8. The van der Waals surface area contributed by atoms with Crippen LogP contribution in [-0.4, -0.2) is 32.2 Å². The summed E-state index contributed by atoms with van der Waals surface area (Å²) in [5.41, 5.74) is -0.381. The van der Waals surface area contributed by atoms with E-state index in [9.17, 15) is 17.2 Å². The molecule has 1 heterocycles. The second-order valence-corrected chi connectivity index (χ2v) is 8.68. The number of hydrogen-bond donors (Lipinski definition) is 0. The predicted octanol–water partition coefficient (Wildman–Crippen LogP) is 4.02. The van der Waals surface area contributed by atoms with Gasteiger partial charge in [0.25, 0.3) is 0 Å². The number of benzene rings is 2. The number of rotatable bonds is 4. The summed E-state index contributed by atoms with van der Waals surface area (Å²) in [4.78, 5) is 4.31. The first kappa shape index (κ1) is 18.8. The van der Waals surface area contributed by atoms with Crippen molar-refractivity contribution in [2.75, 3.05) is 6.61 Å². The maximum atomic E-state index is 14.0. The van der Waals surface area contributed by atoms with Gasteiger partial charge in [-0.2, -0.15) is 0 Å². The highest BCUT2D eigenvalue weighted by molar-refractivity contribution is 7.92. The van der Waals surface area contributed by atoms with Crippen LogP contribution in [0, 0.1) is 11.6 Å². The van der Waals surface area contributed by atoms with Gasteiger partial charge in [0.15, 0.2) is 9.84 Å². The van der Waals surface area contributed by atoms with Gasteiger partial charge >= 0.3 is 0 Å². The van der Waals surface area contributed by atoms with Crippen LogP contribution < -0.4 is 0 Å². The SMILES string of the molecule is CC(C1CCOC(c2c(F)cccc2F)=N1)S(=O)(=O)c1ccc(Cl)cc1. The first-order valence-corrected chi connectivity index (χ1v) is 9.87. The lowest BCUT2D eigenvalue weighted by molar-refractivity contribution is 0.257. The van der Waals surface area contributed by atoms with Crippen LogP contribution in [0.25, 0.3) is 0 Å². The van der Waals surface area contributed by atoms with Crippen molar-refractivity contribution in [1.29, 1.82) is 0 Å². The van der Waals surface area contributed by atoms with Crippen molar-refractivity contribution in [3.05, 3.63) is 64.7 Å². The Morgan fingerprint density at radius 2 is 1.77 bits per heavy atom. The summed E-state index contributed by atoms with van der Waals surface area (Å²) in [5, 5.41) is -0.463. The van der Waals surface area contributed by atoms with Crippen molar-refractivity contribution in [2.24, 2.45) is 4.99 Å². The molecule has 0 spiro atoms. The number of nitrogens with zero attached hydrogens (tertiary/aromatic N) is 1. The number of halogens is 3. The number of hydrogen-bond acceptors (Lipinski definition) is 4. The van der Waals surface area contributed by atoms with Gasteiger partial charge in [-0.05, 0) is 43.3 Å². The Balaban J connectivity index is 1.94. The van der Waals surface area contributed by atoms with Gasteiger partial charge < -0.3 is 4.74 Å². The number of ether oxygens (including phenoxy) is 1. The van der Waals surface area contributed by atoms with Crippen molar-refractivity contribution in [1.82, 2.24) is 0 Å². The molecule has 2 aromatic carbocycles. The third-order valence-corrected chi connectivity index (χ3v) is 6.76. The maximum Gasteiger partial charge on any atom is 0.222 e. The maximum absolute atomic E-state index is 14.0. The van der Waals surface area contributed by atoms with Gasteiger partial charge in [-0.15, -0.1) is 0 Å². The standard InChI is InChI=1S/C18H16ClF2NO3S/c1-11(26(23,24)13-7-5-12(19)6-8-13)16-9-10-25-18(22-16)17-14(20)3-2-4-15(17)21/h2-8,11,16H,9-10H2,1H3. The lowest BCUT2D eigenvalue weighted by Crippen LogP contribution is -2.35. The van der Waals surface area contributed by atoms with Crippen molar-refractivity contribution >= 4 is 27.3 Å². The Bertz CT molecular complexity index is 925. The third kappa shape index (κ3) is 3.59. The van der Waals surface area contributed by atoms with Gasteiger partial charge in [-0.3, -0.25) is 0 Å². The van der Waals surface area contributed by atoms with Crippen LogP contribution in [0.15, 0.2) is 52.4 Å². The lowest BCUT2D eigenvalue weighted by Gasteiger charge is -2.26. The topological polar surface area (TPSA) is 55.7 Å². The summed E-state index contributed by atoms with van der Waals surface area (Å²) >= 11 is 5.80. The molecule has 0 saturated heterocycles. The Morgan fingerprint density at radius 3 is 2.38 bits per heavy atom. The monoisotopic (exact) mass is 399 g/mol.